The van der Waals surface area contributed by atoms with Gasteiger partial charge in [-0.2, -0.15) is 0 Å². The number of anilines is 1. The van der Waals surface area contributed by atoms with Crippen LogP contribution in [-0.2, 0) is 11.2 Å². The van der Waals surface area contributed by atoms with Crippen molar-refractivity contribution in [1.29, 1.82) is 0 Å². The molecule has 2 amide bonds. The van der Waals surface area contributed by atoms with Crippen LogP contribution < -0.4 is 15.4 Å². The fourth-order valence-corrected chi connectivity index (χ4v) is 2.52. The second-order valence-electron chi connectivity index (χ2n) is 5.77. The minimum Gasteiger partial charge on any atom is -0.494 e. The molecule has 0 bridgehead atoms. The summed E-state index contributed by atoms with van der Waals surface area (Å²) in [6.07, 6.45) is 0.724. The van der Waals surface area contributed by atoms with Crippen molar-refractivity contribution in [3.63, 3.8) is 0 Å². The fraction of sp³-hybridized carbons (Fsp3) is 0.263. The summed E-state index contributed by atoms with van der Waals surface area (Å²) in [5, 5.41) is 14.2. The first-order valence-corrected chi connectivity index (χ1v) is 8.14. The van der Waals surface area contributed by atoms with Crippen molar-refractivity contribution >= 4 is 17.7 Å². The van der Waals surface area contributed by atoms with Crippen molar-refractivity contribution in [2.75, 3.05) is 12.4 Å². The first-order chi connectivity index (χ1) is 12.5. The molecule has 0 heterocycles. The van der Waals surface area contributed by atoms with E-state index in [1.807, 2.05) is 30.3 Å². The van der Waals surface area contributed by atoms with E-state index in [9.17, 15) is 14.0 Å². The van der Waals surface area contributed by atoms with E-state index < -0.39 is 17.8 Å². The number of nitrogens with one attached hydrogen (secondary N) is 2. The van der Waals surface area contributed by atoms with Gasteiger partial charge in [0.25, 0.3) is 0 Å². The number of amides is 2. The van der Waals surface area contributed by atoms with Crippen molar-refractivity contribution < 1.29 is 23.8 Å². The summed E-state index contributed by atoms with van der Waals surface area (Å²) in [6.45, 7) is 0. The molecule has 0 aliphatic carbocycles. The third-order valence-electron chi connectivity index (χ3n) is 3.78. The molecule has 0 aromatic heterocycles. The van der Waals surface area contributed by atoms with E-state index in [1.165, 1.54) is 19.2 Å². The maximum atomic E-state index is 13.7. The molecule has 2 rings (SSSR count). The Balaban J connectivity index is 2.00. The van der Waals surface area contributed by atoms with Crippen LogP contribution in [0.5, 0.6) is 5.75 Å². The van der Waals surface area contributed by atoms with Gasteiger partial charge in [0.05, 0.1) is 7.11 Å². The molecule has 6 nitrogen and oxygen atoms in total. The highest BCUT2D eigenvalue weighted by atomic mass is 19.1. The van der Waals surface area contributed by atoms with Gasteiger partial charge in [-0.15, -0.1) is 0 Å². The van der Waals surface area contributed by atoms with Gasteiger partial charge in [0, 0.05) is 24.2 Å². The molecule has 1 unspecified atom stereocenters. The minimum atomic E-state index is -0.928. The van der Waals surface area contributed by atoms with Crippen LogP contribution in [0.25, 0.3) is 0 Å². The van der Waals surface area contributed by atoms with Crippen LogP contribution >= 0.6 is 0 Å². The number of carbonyl (C=O) groups is 2. The Hall–Kier alpha value is -3.09. The molecule has 26 heavy (non-hydrogen) atoms. The molecule has 0 aliphatic rings. The number of carboxylic acids is 1. The Morgan fingerprint density at radius 3 is 2.54 bits per heavy atom. The van der Waals surface area contributed by atoms with Gasteiger partial charge in [-0.3, -0.25) is 4.79 Å². The van der Waals surface area contributed by atoms with Crippen LogP contribution in [0.1, 0.15) is 18.4 Å². The van der Waals surface area contributed by atoms with Crippen molar-refractivity contribution in [2.45, 2.75) is 25.3 Å². The zero-order chi connectivity index (χ0) is 18.9. The monoisotopic (exact) mass is 360 g/mol. The lowest BCUT2D eigenvalue weighted by Gasteiger charge is -2.19. The van der Waals surface area contributed by atoms with E-state index in [4.69, 9.17) is 9.84 Å². The Morgan fingerprint density at radius 1 is 1.19 bits per heavy atom. The quantitative estimate of drug-likeness (QED) is 0.673. The molecule has 0 aliphatic heterocycles. The van der Waals surface area contributed by atoms with Crippen LogP contribution in [0.4, 0.5) is 14.9 Å². The third-order valence-corrected chi connectivity index (χ3v) is 3.78. The molecule has 7 heteroatoms. The lowest BCUT2D eigenvalue weighted by Crippen LogP contribution is -2.39. The molecular formula is C19H21FN2O4. The summed E-state index contributed by atoms with van der Waals surface area (Å²) in [6, 6.07) is 12.7. The molecule has 3 N–H and O–H groups in total. The Labute approximate surface area is 151 Å². The highest BCUT2D eigenvalue weighted by molar-refractivity contribution is 5.89. The van der Waals surface area contributed by atoms with Gasteiger partial charge in [-0.1, -0.05) is 30.3 Å². The first kappa shape index (κ1) is 19.2. The minimum absolute atomic E-state index is 0.0606. The molecule has 138 valence electrons. The lowest BCUT2D eigenvalue weighted by molar-refractivity contribution is -0.137. The zero-order valence-electron chi connectivity index (χ0n) is 14.4. The molecule has 0 saturated carbocycles. The van der Waals surface area contributed by atoms with E-state index >= 15 is 0 Å². The molecule has 2 aromatic carbocycles. The predicted octanol–water partition coefficient (Wildman–Crippen LogP) is 3.43. The molecule has 2 aromatic rings. The summed E-state index contributed by atoms with van der Waals surface area (Å²) in [5.74, 6) is -1.43. The number of benzene rings is 2. The van der Waals surface area contributed by atoms with Crippen molar-refractivity contribution in [1.82, 2.24) is 5.32 Å². The first-order valence-electron chi connectivity index (χ1n) is 8.14. The Morgan fingerprint density at radius 2 is 1.92 bits per heavy atom. The number of carbonyl (C=O) groups excluding carboxylic acids is 1. The smallest absolute Gasteiger partial charge is 0.319 e. The number of halogens is 1. The third kappa shape index (κ3) is 6.08. The van der Waals surface area contributed by atoms with E-state index in [2.05, 4.69) is 10.6 Å². The highest BCUT2D eigenvalue weighted by Gasteiger charge is 2.15. The second-order valence-corrected chi connectivity index (χ2v) is 5.77. The van der Waals surface area contributed by atoms with E-state index in [0.717, 1.165) is 11.6 Å². The summed E-state index contributed by atoms with van der Waals surface area (Å²) >= 11 is 0. The standard InChI is InChI=1S/C19H21FN2O4/c1-26-17-9-7-15(12-16(17)20)22-19(25)21-14(8-10-18(23)24)11-13-5-3-2-4-6-13/h2-7,9,12,14H,8,10-11H2,1H3,(H,23,24)(H2,21,22,25). The molecular weight excluding hydrogens is 339 g/mol. The molecule has 0 spiro atoms. The number of hydrogen-bond donors (Lipinski definition) is 3. The van der Waals surface area contributed by atoms with Gasteiger partial charge >= 0.3 is 12.0 Å². The number of urea groups is 1. The van der Waals surface area contributed by atoms with Gasteiger partial charge in [-0.05, 0) is 30.5 Å². The maximum Gasteiger partial charge on any atom is 0.319 e. The second kappa shape index (κ2) is 9.41. The number of methoxy groups -OCH3 is 1. The average molecular weight is 360 g/mol. The van der Waals surface area contributed by atoms with E-state index in [1.54, 1.807) is 0 Å². The highest BCUT2D eigenvalue weighted by Crippen LogP contribution is 2.20. The predicted molar refractivity (Wildman–Crippen MR) is 95.9 cm³/mol. The van der Waals surface area contributed by atoms with Gasteiger partial charge in [-0.25, -0.2) is 9.18 Å². The normalized spacial score (nSPS) is 11.5. The topological polar surface area (TPSA) is 87.7 Å². The van der Waals surface area contributed by atoms with Crippen LogP contribution in [0, 0.1) is 5.82 Å². The number of carboxylic acid groups (broad SMARTS) is 1. The Kier molecular flexibility index (Phi) is 6.96. The van der Waals surface area contributed by atoms with Gasteiger partial charge in [0.1, 0.15) is 0 Å². The van der Waals surface area contributed by atoms with Crippen LogP contribution in [-0.4, -0.2) is 30.3 Å². The van der Waals surface area contributed by atoms with Crippen molar-refractivity contribution in [3.05, 3.63) is 59.9 Å². The van der Waals surface area contributed by atoms with E-state index in [-0.39, 0.29) is 30.3 Å². The molecule has 0 radical (unpaired) electrons. The molecule has 1 atom stereocenters. The molecule has 0 saturated heterocycles. The van der Waals surface area contributed by atoms with Gasteiger partial charge < -0.3 is 20.5 Å². The summed E-state index contributed by atoms with van der Waals surface area (Å²) in [4.78, 5) is 23.0. The summed E-state index contributed by atoms with van der Waals surface area (Å²) < 4.78 is 18.5. The van der Waals surface area contributed by atoms with E-state index in [0.29, 0.717) is 6.42 Å². The van der Waals surface area contributed by atoms with Crippen molar-refractivity contribution in [3.8, 4) is 5.75 Å². The van der Waals surface area contributed by atoms with Crippen LogP contribution in [0.15, 0.2) is 48.5 Å². The number of aliphatic carboxylic acids is 1. The van der Waals surface area contributed by atoms with Gasteiger partial charge in [0.15, 0.2) is 11.6 Å². The maximum absolute atomic E-state index is 13.7. The summed E-state index contributed by atoms with van der Waals surface area (Å²) in [7, 11) is 1.36. The van der Waals surface area contributed by atoms with Gasteiger partial charge in [0.2, 0.25) is 0 Å². The Bertz CT molecular complexity index is 752. The molecule has 0 fully saturated rings. The SMILES string of the molecule is COc1ccc(NC(=O)NC(CCC(=O)O)Cc2ccccc2)cc1F. The number of rotatable bonds is 8. The average Bonchev–Trinajstić information content (AvgIpc) is 2.60. The summed E-state index contributed by atoms with van der Waals surface area (Å²) in [5.41, 5.74) is 1.26. The largest absolute Gasteiger partial charge is 0.494 e. The lowest BCUT2D eigenvalue weighted by atomic mass is 10.0. The van der Waals surface area contributed by atoms with Crippen LogP contribution in [0.3, 0.4) is 0 Å². The zero-order valence-corrected chi connectivity index (χ0v) is 14.4. The van der Waals surface area contributed by atoms with Crippen molar-refractivity contribution in [2.24, 2.45) is 0 Å². The number of ether oxygens (including phenoxy) is 1. The van der Waals surface area contributed by atoms with Crippen LogP contribution in [0.2, 0.25) is 0 Å². The fourth-order valence-electron chi connectivity index (χ4n) is 2.52. The number of hydrogen-bond acceptors (Lipinski definition) is 3.